The zero-order chi connectivity index (χ0) is 15.8. The first-order valence-electron chi connectivity index (χ1n) is 8.16. The van der Waals surface area contributed by atoms with E-state index in [2.05, 4.69) is 44.3 Å². The summed E-state index contributed by atoms with van der Waals surface area (Å²) >= 11 is 0. The third-order valence-corrected chi connectivity index (χ3v) is 3.49. The van der Waals surface area contributed by atoms with Crippen molar-refractivity contribution in [2.24, 2.45) is 0 Å². The molecule has 1 N–H and O–H groups in total. The van der Waals surface area contributed by atoms with Gasteiger partial charge in [-0.2, -0.15) is 0 Å². The van der Waals surface area contributed by atoms with Crippen LogP contribution < -0.4 is 10.1 Å². The molecule has 0 saturated carbocycles. The van der Waals surface area contributed by atoms with E-state index in [0.29, 0.717) is 12.6 Å². The average Bonchev–Trinajstić information content (AvgIpc) is 2.54. The van der Waals surface area contributed by atoms with Crippen LogP contribution in [0.3, 0.4) is 0 Å². The second-order valence-corrected chi connectivity index (χ2v) is 5.84. The van der Waals surface area contributed by atoms with Gasteiger partial charge in [0.2, 0.25) is 0 Å². The lowest BCUT2D eigenvalue weighted by Gasteiger charge is -2.20. The Bertz CT molecular complexity index is 563. The fourth-order valence-electron chi connectivity index (χ4n) is 2.32. The fourth-order valence-corrected chi connectivity index (χ4v) is 2.32. The first-order valence-corrected chi connectivity index (χ1v) is 8.16. The number of nitrogens with one attached hydrogen (secondary N) is 1. The van der Waals surface area contributed by atoms with Crippen molar-refractivity contribution in [1.29, 1.82) is 0 Å². The van der Waals surface area contributed by atoms with Crippen molar-refractivity contribution in [3.63, 3.8) is 0 Å². The zero-order valence-electron chi connectivity index (χ0n) is 13.8. The van der Waals surface area contributed by atoms with Gasteiger partial charge < -0.3 is 14.8 Å². The molecular weight excluding hydrogens is 274 g/mol. The summed E-state index contributed by atoms with van der Waals surface area (Å²) in [7, 11) is 0. The van der Waals surface area contributed by atoms with E-state index in [9.17, 15) is 0 Å². The number of benzene rings is 2. The molecule has 0 radical (unpaired) electrons. The molecule has 2 aromatic carbocycles. The van der Waals surface area contributed by atoms with Gasteiger partial charge in [-0.05, 0) is 17.9 Å². The van der Waals surface area contributed by atoms with Crippen LogP contribution >= 0.6 is 0 Å². The Kier molecular flexibility index (Phi) is 6.69. The summed E-state index contributed by atoms with van der Waals surface area (Å²) in [5.74, 6) is 0.924. The van der Waals surface area contributed by atoms with E-state index in [4.69, 9.17) is 9.47 Å². The van der Waals surface area contributed by atoms with Gasteiger partial charge in [0.05, 0.1) is 0 Å². The van der Waals surface area contributed by atoms with Gasteiger partial charge >= 0.3 is 0 Å². The summed E-state index contributed by atoms with van der Waals surface area (Å²) in [6, 6.07) is 14.9. The average molecular weight is 301 g/mol. The molecule has 0 saturated heterocycles. The van der Waals surface area contributed by atoms with Crippen LogP contribution in [0.4, 0.5) is 0 Å². The Morgan fingerprint density at radius 1 is 1.05 bits per heavy atom. The monoisotopic (exact) mass is 301 g/mol. The molecule has 2 rings (SSSR count). The smallest absolute Gasteiger partial charge is 0.127 e. The Balaban J connectivity index is 2.00. The van der Waals surface area contributed by atoms with Gasteiger partial charge in [0.1, 0.15) is 18.5 Å². The van der Waals surface area contributed by atoms with Crippen molar-refractivity contribution in [1.82, 2.24) is 5.32 Å². The molecule has 0 aromatic heterocycles. The van der Waals surface area contributed by atoms with E-state index in [1.807, 2.05) is 24.3 Å². The lowest BCUT2D eigenvalue weighted by molar-refractivity contribution is 0.0205. The highest BCUT2D eigenvalue weighted by atomic mass is 16.5. The van der Waals surface area contributed by atoms with Crippen LogP contribution in [0, 0.1) is 0 Å². The third kappa shape index (κ3) is 5.00. The van der Waals surface area contributed by atoms with Crippen molar-refractivity contribution in [3.05, 3.63) is 42.5 Å². The fraction of sp³-hybridized carbons (Fsp3) is 0.474. The van der Waals surface area contributed by atoms with Crippen molar-refractivity contribution in [3.8, 4) is 5.75 Å². The van der Waals surface area contributed by atoms with Crippen LogP contribution in [0.25, 0.3) is 10.8 Å². The van der Waals surface area contributed by atoms with E-state index >= 15 is 0 Å². The SMILES string of the molecule is CCCOC(CNC(C)C)COc1cccc2ccccc12. The molecule has 0 amide bonds. The first-order chi connectivity index (χ1) is 10.7. The van der Waals surface area contributed by atoms with Crippen molar-refractivity contribution < 1.29 is 9.47 Å². The largest absolute Gasteiger partial charge is 0.490 e. The first kappa shape index (κ1) is 16.8. The van der Waals surface area contributed by atoms with Crippen LogP contribution in [-0.4, -0.2) is 31.9 Å². The van der Waals surface area contributed by atoms with Gasteiger partial charge in [-0.25, -0.2) is 0 Å². The molecule has 0 spiro atoms. The zero-order valence-corrected chi connectivity index (χ0v) is 13.8. The minimum absolute atomic E-state index is 0.0707. The van der Waals surface area contributed by atoms with Crippen LogP contribution in [-0.2, 0) is 4.74 Å². The molecule has 120 valence electrons. The molecule has 3 nitrogen and oxygen atoms in total. The molecule has 0 aliphatic rings. The normalized spacial score (nSPS) is 12.7. The standard InChI is InChI=1S/C19H27NO2/c1-4-12-21-17(13-20-15(2)3)14-22-19-11-7-9-16-8-5-6-10-18(16)19/h5-11,15,17,20H,4,12-14H2,1-3H3. The van der Waals surface area contributed by atoms with Crippen LogP contribution in [0.15, 0.2) is 42.5 Å². The van der Waals surface area contributed by atoms with Crippen molar-refractivity contribution in [2.45, 2.75) is 39.3 Å². The number of hydrogen-bond acceptors (Lipinski definition) is 3. The van der Waals surface area contributed by atoms with Crippen LogP contribution in [0.2, 0.25) is 0 Å². The molecule has 3 heteroatoms. The van der Waals surface area contributed by atoms with Crippen molar-refractivity contribution in [2.75, 3.05) is 19.8 Å². The van der Waals surface area contributed by atoms with Crippen LogP contribution in [0.5, 0.6) is 5.75 Å². The molecule has 0 bridgehead atoms. The number of ether oxygens (including phenoxy) is 2. The van der Waals surface area contributed by atoms with E-state index in [0.717, 1.165) is 30.7 Å². The number of hydrogen-bond donors (Lipinski definition) is 1. The lowest BCUT2D eigenvalue weighted by Crippen LogP contribution is -2.37. The Morgan fingerprint density at radius 2 is 1.82 bits per heavy atom. The second-order valence-electron chi connectivity index (χ2n) is 5.84. The minimum Gasteiger partial charge on any atom is -0.490 e. The topological polar surface area (TPSA) is 30.5 Å². The van der Waals surface area contributed by atoms with Gasteiger partial charge in [-0.15, -0.1) is 0 Å². The Morgan fingerprint density at radius 3 is 2.59 bits per heavy atom. The summed E-state index contributed by atoms with van der Waals surface area (Å²) in [5, 5.41) is 5.77. The number of fused-ring (bicyclic) bond motifs is 1. The highest BCUT2D eigenvalue weighted by Gasteiger charge is 2.11. The summed E-state index contributed by atoms with van der Waals surface area (Å²) in [5.41, 5.74) is 0. The second kappa shape index (κ2) is 8.76. The molecule has 2 aromatic rings. The predicted molar refractivity (Wildman–Crippen MR) is 92.6 cm³/mol. The maximum atomic E-state index is 6.05. The predicted octanol–water partition coefficient (Wildman–Crippen LogP) is 4.01. The van der Waals surface area contributed by atoms with E-state index in [1.54, 1.807) is 0 Å². The maximum absolute atomic E-state index is 6.05. The summed E-state index contributed by atoms with van der Waals surface area (Å²) in [6.45, 7) is 8.54. The quantitative estimate of drug-likeness (QED) is 0.759. The molecule has 0 aliphatic carbocycles. The van der Waals surface area contributed by atoms with Gasteiger partial charge in [0, 0.05) is 24.6 Å². The maximum Gasteiger partial charge on any atom is 0.127 e. The summed E-state index contributed by atoms with van der Waals surface area (Å²) in [6.07, 6.45) is 1.09. The van der Waals surface area contributed by atoms with Crippen LogP contribution in [0.1, 0.15) is 27.2 Å². The summed E-state index contributed by atoms with van der Waals surface area (Å²) in [4.78, 5) is 0. The van der Waals surface area contributed by atoms with Gasteiger partial charge in [0.25, 0.3) is 0 Å². The molecule has 0 aliphatic heterocycles. The Labute approximate surface area is 133 Å². The minimum atomic E-state index is 0.0707. The third-order valence-electron chi connectivity index (χ3n) is 3.49. The highest BCUT2D eigenvalue weighted by Crippen LogP contribution is 2.25. The van der Waals surface area contributed by atoms with E-state index in [1.165, 1.54) is 5.39 Å². The highest BCUT2D eigenvalue weighted by molar-refractivity contribution is 5.88. The van der Waals surface area contributed by atoms with Gasteiger partial charge in [-0.1, -0.05) is 57.2 Å². The molecule has 0 fully saturated rings. The molecule has 1 unspecified atom stereocenters. The molecular formula is C19H27NO2. The van der Waals surface area contributed by atoms with Gasteiger partial charge in [0.15, 0.2) is 0 Å². The van der Waals surface area contributed by atoms with E-state index in [-0.39, 0.29) is 6.10 Å². The molecule has 0 heterocycles. The molecule has 1 atom stereocenters. The van der Waals surface area contributed by atoms with Gasteiger partial charge in [-0.3, -0.25) is 0 Å². The van der Waals surface area contributed by atoms with Crippen molar-refractivity contribution >= 4 is 10.8 Å². The number of rotatable bonds is 9. The summed E-state index contributed by atoms with van der Waals surface area (Å²) < 4.78 is 11.9. The molecule has 22 heavy (non-hydrogen) atoms. The lowest BCUT2D eigenvalue weighted by atomic mass is 10.1. The Hall–Kier alpha value is -1.58. The van der Waals surface area contributed by atoms with E-state index < -0.39 is 0 Å².